The minimum absolute atomic E-state index is 0.00185. The topological polar surface area (TPSA) is 114 Å². The molecule has 3 aromatic carbocycles. The summed E-state index contributed by atoms with van der Waals surface area (Å²) in [6.45, 7) is 8.06. The monoisotopic (exact) mass is 497 g/mol. The van der Waals surface area contributed by atoms with Crippen LogP contribution in [-0.4, -0.2) is 17.4 Å². The van der Waals surface area contributed by atoms with Gasteiger partial charge >= 0.3 is 0 Å². The lowest BCUT2D eigenvalue weighted by molar-refractivity contribution is -0.384. The lowest BCUT2D eigenvalue weighted by Gasteiger charge is -2.17. The summed E-state index contributed by atoms with van der Waals surface area (Å²) >= 11 is 0. The Balaban J connectivity index is 1.91. The Kier molecular flexibility index (Phi) is 9.17. The summed E-state index contributed by atoms with van der Waals surface area (Å²) in [5, 5.41) is 23.4. The molecular formula is C29H27N3O5. The van der Waals surface area contributed by atoms with Crippen molar-refractivity contribution >= 4 is 23.4 Å². The number of allylic oxidation sites excluding steroid dienone is 1. The van der Waals surface area contributed by atoms with Gasteiger partial charge in [-0.25, -0.2) is 0 Å². The molecule has 8 nitrogen and oxygen atoms in total. The van der Waals surface area contributed by atoms with E-state index in [0.717, 1.165) is 16.7 Å². The van der Waals surface area contributed by atoms with Gasteiger partial charge in [-0.05, 0) is 73.4 Å². The summed E-state index contributed by atoms with van der Waals surface area (Å²) in [6, 6.07) is 18.9. The van der Waals surface area contributed by atoms with Gasteiger partial charge in [-0.1, -0.05) is 24.3 Å². The van der Waals surface area contributed by atoms with Gasteiger partial charge in [-0.15, -0.1) is 6.58 Å². The van der Waals surface area contributed by atoms with E-state index in [9.17, 15) is 20.2 Å². The number of nitrogens with one attached hydrogen (secondary N) is 1. The number of amides is 1. The van der Waals surface area contributed by atoms with Crippen molar-refractivity contribution in [1.82, 2.24) is 0 Å². The molecule has 0 aliphatic heterocycles. The van der Waals surface area contributed by atoms with Gasteiger partial charge in [0, 0.05) is 23.4 Å². The fourth-order valence-corrected chi connectivity index (χ4v) is 3.59. The average molecular weight is 498 g/mol. The van der Waals surface area contributed by atoms with Crippen molar-refractivity contribution in [3.63, 3.8) is 0 Å². The zero-order chi connectivity index (χ0) is 26.8. The first-order chi connectivity index (χ1) is 17.9. The van der Waals surface area contributed by atoms with Crippen molar-refractivity contribution < 1.29 is 19.2 Å². The average Bonchev–Trinajstić information content (AvgIpc) is 2.88. The molecule has 0 saturated carbocycles. The smallest absolute Gasteiger partial charge is 0.269 e. The van der Waals surface area contributed by atoms with E-state index in [1.54, 1.807) is 30.3 Å². The second-order valence-electron chi connectivity index (χ2n) is 8.08. The van der Waals surface area contributed by atoms with Crippen LogP contribution in [0.4, 0.5) is 11.4 Å². The molecule has 3 rings (SSSR count). The Morgan fingerprint density at radius 3 is 2.51 bits per heavy atom. The van der Waals surface area contributed by atoms with Gasteiger partial charge in [0.25, 0.3) is 11.6 Å². The van der Waals surface area contributed by atoms with E-state index in [1.165, 1.54) is 18.2 Å². The Hall–Kier alpha value is -4.90. The second kappa shape index (κ2) is 12.7. The van der Waals surface area contributed by atoms with Crippen LogP contribution in [0.25, 0.3) is 6.08 Å². The minimum atomic E-state index is -0.515. The molecule has 0 unspecified atom stereocenters. The summed E-state index contributed by atoms with van der Waals surface area (Å²) < 4.78 is 11.9. The predicted octanol–water partition coefficient (Wildman–Crippen LogP) is 6.16. The summed E-state index contributed by atoms with van der Waals surface area (Å²) in [7, 11) is 0. The number of benzene rings is 3. The van der Waals surface area contributed by atoms with E-state index in [2.05, 4.69) is 11.9 Å². The van der Waals surface area contributed by atoms with Crippen molar-refractivity contribution in [2.45, 2.75) is 26.9 Å². The van der Waals surface area contributed by atoms with Crippen LogP contribution < -0.4 is 14.8 Å². The first kappa shape index (κ1) is 26.7. The third-order valence-corrected chi connectivity index (χ3v) is 5.42. The maximum atomic E-state index is 12.8. The summed E-state index contributed by atoms with van der Waals surface area (Å²) in [5.74, 6) is 0.435. The van der Waals surface area contributed by atoms with Gasteiger partial charge in [0.05, 0.1) is 11.5 Å². The van der Waals surface area contributed by atoms with Crippen molar-refractivity contribution in [2.24, 2.45) is 0 Å². The molecule has 0 aliphatic carbocycles. The molecule has 3 aromatic rings. The van der Waals surface area contributed by atoms with Crippen LogP contribution in [0.2, 0.25) is 0 Å². The molecule has 0 atom stereocenters. The van der Waals surface area contributed by atoms with Crippen LogP contribution in [0.15, 0.2) is 78.9 Å². The van der Waals surface area contributed by atoms with Gasteiger partial charge in [0.1, 0.15) is 18.2 Å². The Morgan fingerprint density at radius 2 is 1.89 bits per heavy atom. The molecule has 0 aromatic heterocycles. The van der Waals surface area contributed by atoms with E-state index < -0.39 is 10.8 Å². The van der Waals surface area contributed by atoms with Crippen LogP contribution >= 0.6 is 0 Å². The number of carbonyl (C=O) groups excluding carboxylic acids is 1. The Bertz CT molecular complexity index is 1370. The number of para-hydroxylation sites is 1. The number of rotatable bonds is 11. The number of nitrogens with zero attached hydrogens (tertiary/aromatic N) is 2. The predicted molar refractivity (Wildman–Crippen MR) is 142 cm³/mol. The van der Waals surface area contributed by atoms with Gasteiger partial charge in [0.2, 0.25) is 0 Å². The molecule has 0 bridgehead atoms. The third-order valence-electron chi connectivity index (χ3n) is 5.42. The third kappa shape index (κ3) is 7.05. The highest BCUT2D eigenvalue weighted by molar-refractivity contribution is 6.10. The molecule has 188 valence electrons. The zero-order valence-electron chi connectivity index (χ0n) is 20.7. The maximum Gasteiger partial charge on any atom is 0.269 e. The van der Waals surface area contributed by atoms with Crippen molar-refractivity contribution in [2.75, 3.05) is 11.9 Å². The lowest BCUT2D eigenvalue weighted by atomic mass is 10.0. The van der Waals surface area contributed by atoms with Crippen LogP contribution in [0.5, 0.6) is 11.5 Å². The SMILES string of the molecule is C=CCc1cc(/C=C(\C#N)C(=O)Nc2ccccc2C)cc(OCC)c1OCc1ccc([N+](=O)[O-])cc1. The molecule has 0 spiro atoms. The number of nitriles is 1. The number of non-ortho nitro benzene ring substituents is 1. The van der Waals surface area contributed by atoms with Crippen LogP contribution in [0.1, 0.15) is 29.2 Å². The number of aryl methyl sites for hydroxylation is 1. The summed E-state index contributed by atoms with van der Waals surface area (Å²) in [6.07, 6.45) is 3.67. The molecule has 0 saturated heterocycles. The minimum Gasteiger partial charge on any atom is -0.490 e. The number of hydrogen-bond donors (Lipinski definition) is 1. The molecule has 0 radical (unpaired) electrons. The highest BCUT2D eigenvalue weighted by atomic mass is 16.6. The van der Waals surface area contributed by atoms with Gasteiger partial charge in [-0.3, -0.25) is 14.9 Å². The quantitative estimate of drug-likeness (QED) is 0.112. The Morgan fingerprint density at radius 1 is 1.16 bits per heavy atom. The molecule has 0 aliphatic rings. The first-order valence-corrected chi connectivity index (χ1v) is 11.6. The van der Waals surface area contributed by atoms with Gasteiger partial charge < -0.3 is 14.8 Å². The molecule has 1 N–H and O–H groups in total. The Labute approximate surface area is 215 Å². The number of nitro benzene ring substituents is 1. The van der Waals surface area contributed by atoms with E-state index in [1.807, 2.05) is 44.2 Å². The van der Waals surface area contributed by atoms with Crippen LogP contribution in [0, 0.1) is 28.4 Å². The molecule has 0 fully saturated rings. The van der Waals surface area contributed by atoms with Crippen molar-refractivity contribution in [3.8, 4) is 17.6 Å². The standard InChI is InChI=1S/C29H27N3O5/c1-4-8-23-15-22(16-24(18-30)29(33)31-26-10-7-6-9-20(26)3)17-27(36-5-2)28(23)37-19-21-11-13-25(14-12-21)32(34)35/h4,6-7,9-17H,1,5,8,19H2,2-3H3,(H,31,33)/b24-16+. The molecule has 1 amide bonds. The number of hydrogen-bond acceptors (Lipinski definition) is 6. The summed E-state index contributed by atoms with van der Waals surface area (Å²) in [5.41, 5.74) is 3.56. The summed E-state index contributed by atoms with van der Waals surface area (Å²) in [4.78, 5) is 23.2. The largest absolute Gasteiger partial charge is 0.490 e. The van der Waals surface area contributed by atoms with Crippen LogP contribution in [-0.2, 0) is 17.8 Å². The maximum absolute atomic E-state index is 12.8. The fraction of sp³-hybridized carbons (Fsp3) is 0.172. The lowest BCUT2D eigenvalue weighted by Crippen LogP contribution is -2.14. The number of ether oxygens (including phenoxy) is 2. The number of nitro groups is 1. The first-order valence-electron chi connectivity index (χ1n) is 11.6. The fourth-order valence-electron chi connectivity index (χ4n) is 3.59. The molecule has 0 heterocycles. The van der Waals surface area contributed by atoms with E-state index in [0.29, 0.717) is 35.8 Å². The highest BCUT2D eigenvalue weighted by Gasteiger charge is 2.16. The van der Waals surface area contributed by atoms with E-state index >= 15 is 0 Å². The molecule has 37 heavy (non-hydrogen) atoms. The molecular weight excluding hydrogens is 470 g/mol. The molecule has 8 heteroatoms. The van der Waals surface area contributed by atoms with Crippen molar-refractivity contribution in [1.29, 1.82) is 5.26 Å². The number of carbonyl (C=O) groups is 1. The van der Waals surface area contributed by atoms with Gasteiger partial charge in [-0.2, -0.15) is 5.26 Å². The second-order valence-corrected chi connectivity index (χ2v) is 8.08. The van der Waals surface area contributed by atoms with E-state index in [4.69, 9.17) is 9.47 Å². The van der Waals surface area contributed by atoms with Crippen LogP contribution in [0.3, 0.4) is 0 Å². The highest BCUT2D eigenvalue weighted by Crippen LogP contribution is 2.35. The van der Waals surface area contributed by atoms with Gasteiger partial charge in [0.15, 0.2) is 11.5 Å². The zero-order valence-corrected chi connectivity index (χ0v) is 20.7. The number of anilines is 1. The normalized spacial score (nSPS) is 10.8. The van der Waals surface area contributed by atoms with E-state index in [-0.39, 0.29) is 17.9 Å². The van der Waals surface area contributed by atoms with Crippen molar-refractivity contribution in [3.05, 3.63) is 111 Å².